The van der Waals surface area contributed by atoms with E-state index in [-0.39, 0.29) is 5.91 Å². The molecule has 2 heterocycles. The van der Waals surface area contributed by atoms with E-state index in [0.717, 1.165) is 54.8 Å². The van der Waals surface area contributed by atoms with Crippen LogP contribution < -0.4 is 5.32 Å². The smallest absolute Gasteiger partial charge is 0.239 e. The zero-order valence-electron chi connectivity index (χ0n) is 15.5. The minimum absolute atomic E-state index is 0.0483. The first kappa shape index (κ1) is 20.2. The minimum atomic E-state index is -0.0483. The van der Waals surface area contributed by atoms with Gasteiger partial charge < -0.3 is 14.7 Å². The largest absolute Gasteiger partial charge is 0.360 e. The molecular formula is C19H25ClN4O2S. The molecule has 0 spiro atoms. The van der Waals surface area contributed by atoms with Crippen molar-refractivity contribution in [3.8, 4) is 0 Å². The summed E-state index contributed by atoms with van der Waals surface area (Å²) in [7, 11) is 0. The summed E-state index contributed by atoms with van der Waals surface area (Å²) in [5, 5.41) is 7.39. The van der Waals surface area contributed by atoms with Gasteiger partial charge in [-0.3, -0.25) is 9.69 Å². The molecule has 0 radical (unpaired) electrons. The van der Waals surface area contributed by atoms with Crippen molar-refractivity contribution in [1.82, 2.24) is 15.0 Å². The lowest BCUT2D eigenvalue weighted by atomic mass is 10.3. The summed E-state index contributed by atoms with van der Waals surface area (Å²) >= 11 is 7.99. The summed E-state index contributed by atoms with van der Waals surface area (Å²) < 4.78 is 4.96. The first-order valence-corrected chi connectivity index (χ1v) is 10.5. The van der Waals surface area contributed by atoms with Crippen molar-refractivity contribution < 1.29 is 9.32 Å². The van der Waals surface area contributed by atoms with Crippen LogP contribution >= 0.6 is 23.4 Å². The van der Waals surface area contributed by atoms with Gasteiger partial charge in [-0.25, -0.2) is 0 Å². The second-order valence-corrected chi connectivity index (χ2v) is 8.17. The van der Waals surface area contributed by atoms with E-state index in [1.54, 1.807) is 13.0 Å². The molecule has 1 N–H and O–H groups in total. The quantitative estimate of drug-likeness (QED) is 0.533. The van der Waals surface area contributed by atoms with Crippen LogP contribution in [0.5, 0.6) is 0 Å². The maximum absolute atomic E-state index is 12.1. The normalized spacial score (nSPS) is 15.8. The van der Waals surface area contributed by atoms with E-state index in [1.165, 1.54) is 0 Å². The van der Waals surface area contributed by atoms with E-state index in [0.29, 0.717) is 18.1 Å². The van der Waals surface area contributed by atoms with Crippen molar-refractivity contribution in [2.75, 3.05) is 50.3 Å². The molecule has 27 heavy (non-hydrogen) atoms. The summed E-state index contributed by atoms with van der Waals surface area (Å²) in [6.45, 7) is 7.07. The Hall–Kier alpha value is -1.54. The van der Waals surface area contributed by atoms with Gasteiger partial charge in [-0.1, -0.05) is 28.9 Å². The molecule has 1 saturated heterocycles. The van der Waals surface area contributed by atoms with Crippen molar-refractivity contribution >= 4 is 35.1 Å². The summed E-state index contributed by atoms with van der Waals surface area (Å²) in [6.07, 6.45) is 1.13. The second kappa shape index (κ2) is 10.1. The van der Waals surface area contributed by atoms with Gasteiger partial charge in [0.2, 0.25) is 5.91 Å². The first-order chi connectivity index (χ1) is 13.1. The third-order valence-corrected chi connectivity index (χ3v) is 6.04. The van der Waals surface area contributed by atoms with Gasteiger partial charge in [0.15, 0.2) is 5.82 Å². The first-order valence-electron chi connectivity index (χ1n) is 9.15. The molecule has 3 rings (SSSR count). The maximum Gasteiger partial charge on any atom is 0.239 e. The average Bonchev–Trinajstić information content (AvgIpc) is 3.06. The highest BCUT2D eigenvalue weighted by Gasteiger charge is 2.19. The Labute approximate surface area is 169 Å². The van der Waals surface area contributed by atoms with Crippen LogP contribution in [0.3, 0.4) is 0 Å². The van der Waals surface area contributed by atoms with E-state index in [2.05, 4.69) is 26.3 Å². The van der Waals surface area contributed by atoms with Crippen LogP contribution in [-0.2, 0) is 4.79 Å². The van der Waals surface area contributed by atoms with Gasteiger partial charge in [0.1, 0.15) is 5.76 Å². The Morgan fingerprint density at radius 2 is 2.00 bits per heavy atom. The van der Waals surface area contributed by atoms with Crippen LogP contribution in [0.2, 0.25) is 5.02 Å². The molecule has 1 aromatic carbocycles. The number of piperazine rings is 1. The molecule has 0 bridgehead atoms. The number of amides is 1. The molecular weight excluding hydrogens is 384 g/mol. The van der Waals surface area contributed by atoms with Crippen molar-refractivity contribution in [3.63, 3.8) is 0 Å². The lowest BCUT2D eigenvalue weighted by Crippen LogP contribution is -2.48. The van der Waals surface area contributed by atoms with Crippen LogP contribution in [0, 0.1) is 6.92 Å². The lowest BCUT2D eigenvalue weighted by Gasteiger charge is -2.34. The van der Waals surface area contributed by atoms with Gasteiger partial charge in [0.05, 0.1) is 11.6 Å². The zero-order valence-corrected chi connectivity index (χ0v) is 17.1. The number of rotatable bonds is 8. The summed E-state index contributed by atoms with van der Waals surface area (Å²) in [4.78, 5) is 17.9. The van der Waals surface area contributed by atoms with Crippen LogP contribution in [0.15, 0.2) is 39.8 Å². The predicted molar refractivity (Wildman–Crippen MR) is 110 cm³/mol. The highest BCUT2D eigenvalue weighted by molar-refractivity contribution is 7.99. The van der Waals surface area contributed by atoms with Gasteiger partial charge in [-0.05, 0) is 37.8 Å². The molecule has 1 fully saturated rings. The topological polar surface area (TPSA) is 61.6 Å². The molecule has 8 heteroatoms. The van der Waals surface area contributed by atoms with Crippen LogP contribution in [0.25, 0.3) is 0 Å². The van der Waals surface area contributed by atoms with Crippen LogP contribution in [0.1, 0.15) is 12.2 Å². The number of nitrogens with one attached hydrogen (secondary N) is 1. The Morgan fingerprint density at radius 1 is 1.26 bits per heavy atom. The van der Waals surface area contributed by atoms with Crippen molar-refractivity contribution in [3.05, 3.63) is 41.1 Å². The van der Waals surface area contributed by atoms with Gasteiger partial charge in [0.25, 0.3) is 0 Å². The minimum Gasteiger partial charge on any atom is -0.360 e. The van der Waals surface area contributed by atoms with Crippen molar-refractivity contribution in [1.29, 1.82) is 0 Å². The second-order valence-electron chi connectivity index (χ2n) is 6.62. The molecule has 0 saturated carbocycles. The number of aryl methyl sites for hydroxylation is 1. The van der Waals surface area contributed by atoms with Gasteiger partial charge >= 0.3 is 0 Å². The molecule has 146 valence electrons. The number of halogens is 1. The van der Waals surface area contributed by atoms with Gasteiger partial charge in [-0.15, -0.1) is 11.8 Å². The highest BCUT2D eigenvalue weighted by atomic mass is 35.5. The monoisotopic (exact) mass is 408 g/mol. The third-order valence-electron chi connectivity index (χ3n) is 4.44. The van der Waals surface area contributed by atoms with Crippen LogP contribution in [-0.4, -0.2) is 65.9 Å². The van der Waals surface area contributed by atoms with Crippen molar-refractivity contribution in [2.45, 2.75) is 18.2 Å². The molecule has 1 aliphatic heterocycles. The Kier molecular flexibility index (Phi) is 7.58. The molecule has 0 atom stereocenters. The van der Waals surface area contributed by atoms with E-state index in [1.807, 2.05) is 30.0 Å². The summed E-state index contributed by atoms with van der Waals surface area (Å²) in [5.74, 6) is 2.18. The molecule has 0 unspecified atom stereocenters. The number of aromatic nitrogens is 1. The zero-order chi connectivity index (χ0) is 19.1. The molecule has 6 nitrogen and oxygen atoms in total. The molecule has 1 aromatic heterocycles. The maximum atomic E-state index is 12.1. The number of anilines is 1. The third kappa shape index (κ3) is 6.53. The molecule has 1 amide bonds. The fourth-order valence-corrected chi connectivity index (χ4v) is 4.19. The number of hydrogen-bond acceptors (Lipinski definition) is 6. The van der Waals surface area contributed by atoms with E-state index in [9.17, 15) is 4.79 Å². The summed E-state index contributed by atoms with van der Waals surface area (Å²) in [5.41, 5.74) is 0. The number of benzene rings is 1. The Bertz CT molecular complexity index is 747. The van der Waals surface area contributed by atoms with E-state index in [4.69, 9.17) is 16.1 Å². The van der Waals surface area contributed by atoms with Gasteiger partial charge in [-0.2, -0.15) is 0 Å². The SMILES string of the molecule is Cc1cc(NC(=O)CN2CCN(CCCSc3ccccc3Cl)CC2)no1. The average molecular weight is 409 g/mol. The lowest BCUT2D eigenvalue weighted by molar-refractivity contribution is -0.117. The highest BCUT2D eigenvalue weighted by Crippen LogP contribution is 2.26. The van der Waals surface area contributed by atoms with Crippen LogP contribution in [0.4, 0.5) is 5.82 Å². The number of hydrogen-bond donors (Lipinski definition) is 1. The molecule has 0 aliphatic carbocycles. The fraction of sp³-hybridized carbons (Fsp3) is 0.474. The molecule has 1 aliphatic rings. The fourth-order valence-electron chi connectivity index (χ4n) is 3.01. The Balaban J connectivity index is 1.29. The predicted octanol–water partition coefficient (Wildman–Crippen LogP) is 3.37. The summed E-state index contributed by atoms with van der Waals surface area (Å²) in [6, 6.07) is 9.70. The van der Waals surface area contributed by atoms with E-state index >= 15 is 0 Å². The standard InChI is InChI=1S/C19H25ClN4O2S/c1-15-13-18(22-26-15)21-19(25)14-24-10-8-23(9-11-24)7-4-12-27-17-6-3-2-5-16(17)20/h2-3,5-6,13H,4,7-12,14H2,1H3,(H,21,22,25). The number of carbonyl (C=O) groups excluding carboxylic acids is 1. The van der Waals surface area contributed by atoms with E-state index < -0.39 is 0 Å². The number of nitrogens with zero attached hydrogens (tertiary/aromatic N) is 3. The number of carbonyl (C=O) groups is 1. The molecule has 2 aromatic rings. The number of thioether (sulfide) groups is 1. The Morgan fingerprint density at radius 3 is 2.70 bits per heavy atom. The van der Waals surface area contributed by atoms with Gasteiger partial charge in [0, 0.05) is 37.1 Å². The van der Waals surface area contributed by atoms with Crippen molar-refractivity contribution in [2.24, 2.45) is 0 Å².